The largest absolute Gasteiger partial charge is 0.281 e. The minimum Gasteiger partial charge on any atom is -0.281 e. The van der Waals surface area contributed by atoms with Crippen molar-refractivity contribution in [2.45, 2.75) is 13.3 Å². The molecular formula is C11H17FN2O4S2. The van der Waals surface area contributed by atoms with Crippen LogP contribution in [-0.2, 0) is 20.0 Å². The Morgan fingerprint density at radius 2 is 1.85 bits per heavy atom. The second-order valence-electron chi connectivity index (χ2n) is 4.31. The third-order valence-corrected chi connectivity index (χ3v) is 5.20. The second kappa shape index (κ2) is 5.96. The summed E-state index contributed by atoms with van der Waals surface area (Å²) in [5.74, 6) is -0.796. The van der Waals surface area contributed by atoms with Crippen LogP contribution in [0.5, 0.6) is 0 Å². The van der Waals surface area contributed by atoms with Crippen LogP contribution in [0.3, 0.4) is 0 Å². The third kappa shape index (κ3) is 4.34. The van der Waals surface area contributed by atoms with Gasteiger partial charge in [0, 0.05) is 13.1 Å². The lowest BCUT2D eigenvalue weighted by Crippen LogP contribution is -2.27. The summed E-state index contributed by atoms with van der Waals surface area (Å²) in [6.07, 6.45) is 1.36. The molecule has 0 radical (unpaired) electrons. The van der Waals surface area contributed by atoms with Crippen molar-refractivity contribution >= 4 is 31.4 Å². The lowest BCUT2D eigenvalue weighted by Gasteiger charge is -2.20. The van der Waals surface area contributed by atoms with E-state index in [0.717, 1.165) is 22.7 Å². The van der Waals surface area contributed by atoms with E-state index in [4.69, 9.17) is 0 Å². The predicted octanol–water partition coefficient (Wildman–Crippen LogP) is 1.37. The van der Waals surface area contributed by atoms with Crippen LogP contribution in [0, 0.1) is 5.82 Å². The van der Waals surface area contributed by atoms with Gasteiger partial charge < -0.3 is 0 Å². The molecule has 0 bridgehead atoms. The number of nitrogens with one attached hydrogen (secondary N) is 1. The van der Waals surface area contributed by atoms with E-state index >= 15 is 0 Å². The molecule has 1 aromatic carbocycles. The van der Waals surface area contributed by atoms with Gasteiger partial charge in [-0.25, -0.2) is 21.2 Å². The number of benzene rings is 1. The molecule has 0 amide bonds. The Balaban J connectivity index is 3.29. The Morgan fingerprint density at radius 1 is 1.25 bits per heavy atom. The first-order valence-electron chi connectivity index (χ1n) is 5.81. The van der Waals surface area contributed by atoms with Gasteiger partial charge >= 0.3 is 0 Å². The molecule has 114 valence electrons. The fourth-order valence-corrected chi connectivity index (χ4v) is 3.19. The molecule has 0 atom stereocenters. The van der Waals surface area contributed by atoms with Crippen LogP contribution >= 0.6 is 0 Å². The quantitative estimate of drug-likeness (QED) is 0.857. The molecule has 0 heterocycles. The van der Waals surface area contributed by atoms with Gasteiger partial charge in [-0.2, -0.15) is 0 Å². The predicted molar refractivity (Wildman–Crippen MR) is 77.3 cm³/mol. The van der Waals surface area contributed by atoms with Crippen molar-refractivity contribution in [1.29, 1.82) is 0 Å². The molecule has 0 aliphatic carbocycles. The number of rotatable bonds is 6. The van der Waals surface area contributed by atoms with E-state index < -0.39 is 25.9 Å². The monoisotopic (exact) mass is 324 g/mol. The van der Waals surface area contributed by atoms with Crippen molar-refractivity contribution in [1.82, 2.24) is 0 Å². The van der Waals surface area contributed by atoms with Gasteiger partial charge in [0.2, 0.25) is 20.0 Å². The van der Waals surface area contributed by atoms with E-state index in [0.29, 0.717) is 6.42 Å². The number of anilines is 2. The number of nitrogens with zero attached hydrogens (tertiary/aromatic N) is 1. The van der Waals surface area contributed by atoms with Crippen molar-refractivity contribution in [3.63, 3.8) is 0 Å². The molecule has 0 aliphatic rings. The van der Waals surface area contributed by atoms with Crippen molar-refractivity contribution in [2.24, 2.45) is 0 Å². The molecule has 0 aromatic heterocycles. The Bertz CT molecular complexity index is 686. The van der Waals surface area contributed by atoms with E-state index in [1.807, 2.05) is 0 Å². The first kappa shape index (κ1) is 16.7. The summed E-state index contributed by atoms with van der Waals surface area (Å²) < 4.78 is 62.9. The number of hydrogen-bond acceptors (Lipinski definition) is 4. The Kier molecular flexibility index (Phi) is 4.98. The second-order valence-corrected chi connectivity index (χ2v) is 8.17. The van der Waals surface area contributed by atoms with Crippen molar-refractivity contribution in [2.75, 3.05) is 28.1 Å². The average molecular weight is 324 g/mol. The van der Waals surface area contributed by atoms with E-state index in [2.05, 4.69) is 4.72 Å². The molecular weight excluding hydrogens is 307 g/mol. The van der Waals surface area contributed by atoms with Crippen LogP contribution in [0.25, 0.3) is 0 Å². The number of hydrogen-bond donors (Lipinski definition) is 1. The zero-order chi connectivity index (χ0) is 15.6. The smallest absolute Gasteiger partial charge is 0.232 e. The zero-order valence-corrected chi connectivity index (χ0v) is 13.1. The summed E-state index contributed by atoms with van der Waals surface area (Å²) in [4.78, 5) is 0. The van der Waals surface area contributed by atoms with Crippen LogP contribution in [0.2, 0.25) is 0 Å². The van der Waals surface area contributed by atoms with Crippen molar-refractivity contribution in [3.05, 3.63) is 24.0 Å². The summed E-state index contributed by atoms with van der Waals surface area (Å²) in [6, 6.07) is 3.22. The molecule has 0 saturated heterocycles. The molecule has 0 unspecified atom stereocenters. The van der Waals surface area contributed by atoms with Gasteiger partial charge in [-0.05, 0) is 18.6 Å². The van der Waals surface area contributed by atoms with Crippen LogP contribution in [-0.4, -0.2) is 35.9 Å². The zero-order valence-electron chi connectivity index (χ0n) is 11.4. The van der Waals surface area contributed by atoms with Gasteiger partial charge in [0.25, 0.3) is 0 Å². The molecule has 9 heteroatoms. The lowest BCUT2D eigenvalue weighted by atomic mass is 10.2. The van der Waals surface area contributed by atoms with Crippen LogP contribution < -0.4 is 9.03 Å². The molecule has 6 nitrogen and oxygen atoms in total. The van der Waals surface area contributed by atoms with Gasteiger partial charge in [0.15, 0.2) is 0 Å². The molecule has 1 N–H and O–H groups in total. The summed E-state index contributed by atoms with van der Waals surface area (Å²) in [5, 5.41) is 0. The molecule has 20 heavy (non-hydrogen) atoms. The summed E-state index contributed by atoms with van der Waals surface area (Å²) in [5.41, 5.74) is -0.0417. The molecule has 1 rings (SSSR count). The van der Waals surface area contributed by atoms with Gasteiger partial charge in [0.1, 0.15) is 5.82 Å². The number of sulfonamides is 2. The van der Waals surface area contributed by atoms with Crippen LogP contribution in [0.1, 0.15) is 13.3 Å². The van der Waals surface area contributed by atoms with Crippen molar-refractivity contribution in [3.8, 4) is 0 Å². The Labute approximate surface area is 118 Å². The first-order valence-corrected chi connectivity index (χ1v) is 9.31. The topological polar surface area (TPSA) is 83.6 Å². The molecule has 0 fully saturated rings. The maximum Gasteiger partial charge on any atom is 0.232 e. The summed E-state index contributed by atoms with van der Waals surface area (Å²) in [6.45, 7) is 1.69. The van der Waals surface area contributed by atoms with Crippen LogP contribution in [0.15, 0.2) is 18.2 Å². The number of halogens is 1. The summed E-state index contributed by atoms with van der Waals surface area (Å²) >= 11 is 0. The standard InChI is InChI=1S/C11H17FN2O4S2/c1-4-7-20(17,18)13-10-8-9(12)5-6-11(10)14(2)19(3,15)16/h5-6,8,13H,4,7H2,1-3H3. The first-order chi connectivity index (χ1) is 9.07. The maximum absolute atomic E-state index is 13.3. The highest BCUT2D eigenvalue weighted by atomic mass is 32.2. The van der Waals surface area contributed by atoms with E-state index in [1.54, 1.807) is 6.92 Å². The maximum atomic E-state index is 13.3. The van der Waals surface area contributed by atoms with Gasteiger partial charge in [-0.15, -0.1) is 0 Å². The van der Waals surface area contributed by atoms with E-state index in [1.165, 1.54) is 13.1 Å². The SMILES string of the molecule is CCCS(=O)(=O)Nc1cc(F)ccc1N(C)S(C)(=O)=O. The van der Waals surface area contributed by atoms with Crippen LogP contribution in [0.4, 0.5) is 15.8 Å². The lowest BCUT2D eigenvalue weighted by molar-refractivity contribution is 0.597. The van der Waals surface area contributed by atoms with Gasteiger partial charge in [-0.3, -0.25) is 9.03 Å². The van der Waals surface area contributed by atoms with E-state index in [-0.39, 0.29) is 17.1 Å². The molecule has 0 spiro atoms. The Hall–Kier alpha value is -1.35. The minimum absolute atomic E-state index is 0.0635. The molecule has 0 aliphatic heterocycles. The third-order valence-electron chi connectivity index (χ3n) is 2.53. The fourth-order valence-electron chi connectivity index (χ4n) is 1.53. The Morgan fingerprint density at radius 3 is 2.35 bits per heavy atom. The normalized spacial score (nSPS) is 12.2. The fraction of sp³-hybridized carbons (Fsp3) is 0.455. The highest BCUT2D eigenvalue weighted by Gasteiger charge is 2.19. The van der Waals surface area contributed by atoms with Gasteiger partial charge in [-0.1, -0.05) is 6.92 Å². The van der Waals surface area contributed by atoms with Gasteiger partial charge in [0.05, 0.1) is 23.4 Å². The molecule has 1 aromatic rings. The van der Waals surface area contributed by atoms with E-state index in [9.17, 15) is 21.2 Å². The molecule has 0 saturated carbocycles. The minimum atomic E-state index is -3.64. The highest BCUT2D eigenvalue weighted by Crippen LogP contribution is 2.28. The summed E-state index contributed by atoms with van der Waals surface area (Å²) in [7, 11) is -5.96. The average Bonchev–Trinajstić information content (AvgIpc) is 2.26. The van der Waals surface area contributed by atoms with Crippen molar-refractivity contribution < 1.29 is 21.2 Å². The highest BCUT2D eigenvalue weighted by molar-refractivity contribution is 7.93.